The molecule has 1 N–H and O–H groups in total. The first kappa shape index (κ1) is 11.5. The first-order valence-electron chi connectivity index (χ1n) is 4.00. The van der Waals surface area contributed by atoms with E-state index in [1.54, 1.807) is 12.1 Å². The summed E-state index contributed by atoms with van der Waals surface area (Å²) < 4.78 is 24.4. The van der Waals surface area contributed by atoms with Gasteiger partial charge in [-0.25, -0.2) is 8.78 Å². The number of alkyl halides is 2. The Kier molecular flexibility index (Phi) is 3.96. The molecule has 0 aliphatic heterocycles. The van der Waals surface area contributed by atoms with Crippen LogP contribution in [0.15, 0.2) is 18.2 Å². The van der Waals surface area contributed by atoms with Crippen LogP contribution in [0.25, 0.3) is 0 Å². The molecule has 0 heterocycles. The maximum atomic E-state index is 12.2. The van der Waals surface area contributed by atoms with Gasteiger partial charge in [0.15, 0.2) is 0 Å². The van der Waals surface area contributed by atoms with Gasteiger partial charge in [0.25, 0.3) is 6.43 Å². The van der Waals surface area contributed by atoms with E-state index in [-0.39, 0.29) is 0 Å². The van der Waals surface area contributed by atoms with Crippen LogP contribution in [0.3, 0.4) is 0 Å². The van der Waals surface area contributed by atoms with Crippen LogP contribution in [-0.2, 0) is 0 Å². The van der Waals surface area contributed by atoms with Crippen molar-refractivity contribution in [3.63, 3.8) is 0 Å². The first-order valence-corrected chi connectivity index (χ1v) is 4.76. The van der Waals surface area contributed by atoms with Gasteiger partial charge in [-0.2, -0.15) is 0 Å². The fraction of sp³-hybridized carbons (Fsp3) is 0.333. The van der Waals surface area contributed by atoms with Crippen LogP contribution in [0.5, 0.6) is 0 Å². The van der Waals surface area contributed by atoms with Gasteiger partial charge in [0.1, 0.15) is 0 Å². The van der Waals surface area contributed by atoms with Crippen molar-refractivity contribution in [1.29, 1.82) is 0 Å². The van der Waals surface area contributed by atoms with Gasteiger partial charge in [-0.15, -0.1) is 0 Å². The third kappa shape index (κ3) is 3.00. The predicted octanol–water partition coefficient (Wildman–Crippen LogP) is 4.06. The van der Waals surface area contributed by atoms with Crippen LogP contribution in [0, 0.1) is 0 Å². The summed E-state index contributed by atoms with van der Waals surface area (Å²) in [7, 11) is 0. The number of hydrogen-bond acceptors (Lipinski definition) is 1. The van der Waals surface area contributed by atoms with Gasteiger partial charge in [-0.3, -0.25) is 0 Å². The van der Waals surface area contributed by atoms with E-state index in [1.807, 2.05) is 0 Å². The van der Waals surface area contributed by atoms with Gasteiger partial charge in [-0.05, 0) is 25.1 Å². The van der Waals surface area contributed by atoms with Crippen LogP contribution in [-0.4, -0.2) is 12.5 Å². The highest BCUT2D eigenvalue weighted by Crippen LogP contribution is 2.26. The van der Waals surface area contributed by atoms with Crippen molar-refractivity contribution in [2.75, 3.05) is 5.32 Å². The zero-order valence-corrected chi connectivity index (χ0v) is 8.91. The molecule has 78 valence electrons. The molecule has 1 unspecified atom stereocenters. The molecule has 0 bridgehead atoms. The molecule has 1 aromatic carbocycles. The lowest BCUT2D eigenvalue weighted by atomic mass is 10.2. The Morgan fingerprint density at radius 1 is 1.29 bits per heavy atom. The summed E-state index contributed by atoms with van der Waals surface area (Å²) in [6, 6.07) is 3.73. The summed E-state index contributed by atoms with van der Waals surface area (Å²) >= 11 is 11.4. The summed E-state index contributed by atoms with van der Waals surface area (Å²) in [5.74, 6) is 0. The van der Waals surface area contributed by atoms with E-state index in [2.05, 4.69) is 5.32 Å². The molecule has 1 nitrogen and oxygen atoms in total. The van der Waals surface area contributed by atoms with Crippen LogP contribution in [0.4, 0.5) is 14.5 Å². The molecular weight excluding hydrogens is 231 g/mol. The van der Waals surface area contributed by atoms with Gasteiger partial charge in [0.2, 0.25) is 0 Å². The standard InChI is InChI=1S/C9H9Cl2F2N/c1-5(9(12)13)14-8-3-2-6(10)4-7(8)11/h2-5,9,14H,1H3. The molecule has 0 saturated heterocycles. The lowest BCUT2D eigenvalue weighted by Gasteiger charge is -2.15. The molecule has 0 amide bonds. The maximum Gasteiger partial charge on any atom is 0.258 e. The normalized spacial score (nSPS) is 13.0. The molecule has 5 heteroatoms. The Morgan fingerprint density at radius 2 is 1.93 bits per heavy atom. The van der Waals surface area contributed by atoms with Crippen molar-refractivity contribution in [3.8, 4) is 0 Å². The zero-order valence-electron chi connectivity index (χ0n) is 7.40. The van der Waals surface area contributed by atoms with Gasteiger partial charge >= 0.3 is 0 Å². The first-order chi connectivity index (χ1) is 6.50. The molecule has 0 saturated carbocycles. The zero-order chi connectivity index (χ0) is 10.7. The molecule has 1 atom stereocenters. The molecule has 0 spiro atoms. The molecule has 14 heavy (non-hydrogen) atoms. The molecule has 0 aliphatic rings. The lowest BCUT2D eigenvalue weighted by Crippen LogP contribution is -2.23. The fourth-order valence-electron chi connectivity index (χ4n) is 0.915. The summed E-state index contributed by atoms with van der Waals surface area (Å²) in [5.41, 5.74) is 0.462. The smallest absolute Gasteiger partial charge is 0.258 e. The van der Waals surface area contributed by atoms with Gasteiger partial charge in [0, 0.05) is 5.02 Å². The van der Waals surface area contributed by atoms with Gasteiger partial charge in [-0.1, -0.05) is 23.2 Å². The average Bonchev–Trinajstić information content (AvgIpc) is 2.09. The molecule has 0 aliphatic carbocycles. The van der Waals surface area contributed by atoms with E-state index in [9.17, 15) is 8.78 Å². The van der Waals surface area contributed by atoms with Crippen molar-refractivity contribution in [3.05, 3.63) is 28.2 Å². The largest absolute Gasteiger partial charge is 0.376 e. The molecule has 1 aromatic rings. The van der Waals surface area contributed by atoms with Crippen LogP contribution in [0.1, 0.15) is 6.92 Å². The van der Waals surface area contributed by atoms with Crippen LogP contribution < -0.4 is 5.32 Å². The second kappa shape index (κ2) is 4.80. The molecule has 0 radical (unpaired) electrons. The number of hydrogen-bond donors (Lipinski definition) is 1. The number of rotatable bonds is 3. The Hall–Kier alpha value is -0.540. The summed E-state index contributed by atoms with van der Waals surface area (Å²) in [6.45, 7) is 1.38. The highest BCUT2D eigenvalue weighted by atomic mass is 35.5. The van der Waals surface area contributed by atoms with Crippen molar-refractivity contribution in [2.45, 2.75) is 19.4 Å². The van der Waals surface area contributed by atoms with E-state index in [1.165, 1.54) is 13.0 Å². The highest BCUT2D eigenvalue weighted by molar-refractivity contribution is 6.36. The van der Waals surface area contributed by atoms with Crippen molar-refractivity contribution in [1.82, 2.24) is 0 Å². The van der Waals surface area contributed by atoms with E-state index in [0.29, 0.717) is 15.7 Å². The summed E-state index contributed by atoms with van der Waals surface area (Å²) in [4.78, 5) is 0. The minimum atomic E-state index is -2.43. The van der Waals surface area contributed by atoms with Gasteiger partial charge < -0.3 is 5.32 Å². The van der Waals surface area contributed by atoms with E-state index < -0.39 is 12.5 Å². The minimum absolute atomic E-state index is 0.338. The quantitative estimate of drug-likeness (QED) is 0.839. The monoisotopic (exact) mass is 239 g/mol. The number of nitrogens with one attached hydrogen (secondary N) is 1. The Morgan fingerprint density at radius 3 is 2.43 bits per heavy atom. The Bertz CT molecular complexity index is 318. The van der Waals surface area contributed by atoms with Crippen LogP contribution in [0.2, 0.25) is 10.0 Å². The van der Waals surface area contributed by atoms with E-state index in [4.69, 9.17) is 23.2 Å². The third-order valence-corrected chi connectivity index (χ3v) is 2.24. The van der Waals surface area contributed by atoms with Crippen molar-refractivity contribution < 1.29 is 8.78 Å². The van der Waals surface area contributed by atoms with Crippen LogP contribution >= 0.6 is 23.2 Å². The highest BCUT2D eigenvalue weighted by Gasteiger charge is 2.14. The number of halogens is 4. The van der Waals surface area contributed by atoms with E-state index in [0.717, 1.165) is 0 Å². The maximum absolute atomic E-state index is 12.2. The third-order valence-electron chi connectivity index (χ3n) is 1.69. The second-order valence-electron chi connectivity index (χ2n) is 2.89. The fourth-order valence-corrected chi connectivity index (χ4v) is 1.38. The van der Waals surface area contributed by atoms with E-state index >= 15 is 0 Å². The van der Waals surface area contributed by atoms with Crippen molar-refractivity contribution in [2.24, 2.45) is 0 Å². The SMILES string of the molecule is CC(Nc1ccc(Cl)cc1Cl)C(F)F. The molecule has 0 aromatic heterocycles. The van der Waals surface area contributed by atoms with Crippen molar-refractivity contribution >= 4 is 28.9 Å². The Labute approximate surface area is 91.0 Å². The number of benzene rings is 1. The molecule has 0 fully saturated rings. The van der Waals surface area contributed by atoms with Gasteiger partial charge in [0.05, 0.1) is 16.8 Å². The molecular formula is C9H9Cl2F2N. The second-order valence-corrected chi connectivity index (χ2v) is 3.74. The average molecular weight is 240 g/mol. The predicted molar refractivity (Wildman–Crippen MR) is 55.6 cm³/mol. The minimum Gasteiger partial charge on any atom is -0.376 e. The number of anilines is 1. The topological polar surface area (TPSA) is 12.0 Å². The lowest BCUT2D eigenvalue weighted by molar-refractivity contribution is 0.131. The summed E-state index contributed by atoms with van der Waals surface area (Å²) in [6.07, 6.45) is -2.43. The Balaban J connectivity index is 2.77. The summed E-state index contributed by atoms with van der Waals surface area (Å²) in [5, 5.41) is 3.41. The molecule has 1 rings (SSSR count).